The summed E-state index contributed by atoms with van der Waals surface area (Å²) < 4.78 is 9.31. The SMILES string of the molecule is C=CCOC(=O)C(NC(C)=O)C(=O)OCC=C. The van der Waals surface area contributed by atoms with Gasteiger partial charge in [-0.3, -0.25) is 4.79 Å². The number of esters is 2. The molecule has 0 atom stereocenters. The highest BCUT2D eigenvalue weighted by molar-refractivity contribution is 6.02. The Bertz CT molecular complexity index is 300. The highest BCUT2D eigenvalue weighted by Gasteiger charge is 2.30. The van der Waals surface area contributed by atoms with E-state index in [0.717, 1.165) is 0 Å². The van der Waals surface area contributed by atoms with Gasteiger partial charge >= 0.3 is 11.9 Å². The van der Waals surface area contributed by atoms with Gasteiger partial charge in [0, 0.05) is 6.92 Å². The van der Waals surface area contributed by atoms with E-state index in [9.17, 15) is 14.4 Å². The van der Waals surface area contributed by atoms with E-state index in [4.69, 9.17) is 0 Å². The molecule has 17 heavy (non-hydrogen) atoms. The lowest BCUT2D eigenvalue weighted by Crippen LogP contribution is -2.47. The van der Waals surface area contributed by atoms with Gasteiger partial charge in [0.25, 0.3) is 0 Å². The maximum atomic E-state index is 11.4. The van der Waals surface area contributed by atoms with Gasteiger partial charge in [0.2, 0.25) is 11.9 Å². The second-order valence-corrected chi connectivity index (χ2v) is 2.97. The Labute approximate surface area is 99.3 Å². The van der Waals surface area contributed by atoms with E-state index in [1.165, 1.54) is 19.1 Å². The molecule has 0 aromatic carbocycles. The average Bonchev–Trinajstić information content (AvgIpc) is 2.29. The molecule has 6 nitrogen and oxygen atoms in total. The molecule has 0 heterocycles. The number of carbonyl (C=O) groups excluding carboxylic acids is 3. The number of carbonyl (C=O) groups is 3. The first-order chi connectivity index (χ1) is 8.02. The van der Waals surface area contributed by atoms with E-state index in [-0.39, 0.29) is 13.2 Å². The molecule has 0 aliphatic carbocycles. The molecule has 94 valence electrons. The predicted octanol–water partition coefficient (Wildman–Crippen LogP) is -0.0505. The minimum Gasteiger partial charge on any atom is -0.459 e. The number of nitrogens with one attached hydrogen (secondary N) is 1. The standard InChI is InChI=1S/C11H15NO5/c1-4-6-16-10(14)9(12-8(3)13)11(15)17-7-5-2/h4-5,9H,1-2,6-7H2,3H3,(H,12,13). The molecule has 0 radical (unpaired) electrons. The highest BCUT2D eigenvalue weighted by atomic mass is 16.6. The molecule has 0 fully saturated rings. The number of rotatable bonds is 7. The summed E-state index contributed by atoms with van der Waals surface area (Å²) in [6.45, 7) is 7.78. The van der Waals surface area contributed by atoms with Gasteiger partial charge < -0.3 is 14.8 Å². The van der Waals surface area contributed by atoms with Crippen molar-refractivity contribution >= 4 is 17.8 Å². The van der Waals surface area contributed by atoms with Gasteiger partial charge in [0.15, 0.2) is 0 Å². The maximum absolute atomic E-state index is 11.4. The van der Waals surface area contributed by atoms with Crippen LogP contribution in [0.4, 0.5) is 0 Å². The molecule has 0 saturated heterocycles. The lowest BCUT2D eigenvalue weighted by atomic mass is 10.3. The molecule has 0 bridgehead atoms. The van der Waals surface area contributed by atoms with Gasteiger partial charge in [-0.1, -0.05) is 25.3 Å². The third-order valence-electron chi connectivity index (χ3n) is 1.51. The molecule has 0 aliphatic rings. The topological polar surface area (TPSA) is 81.7 Å². The molecule has 6 heteroatoms. The van der Waals surface area contributed by atoms with Crippen LogP contribution in [0.15, 0.2) is 25.3 Å². The van der Waals surface area contributed by atoms with Gasteiger partial charge in [-0.2, -0.15) is 0 Å². The van der Waals surface area contributed by atoms with Crippen LogP contribution < -0.4 is 5.32 Å². The van der Waals surface area contributed by atoms with Crippen LogP contribution in [-0.2, 0) is 23.9 Å². The second kappa shape index (κ2) is 8.09. The summed E-state index contributed by atoms with van der Waals surface area (Å²) in [7, 11) is 0. The summed E-state index contributed by atoms with van der Waals surface area (Å²) in [5.41, 5.74) is 0. The molecular formula is C11H15NO5. The molecule has 0 aliphatic heterocycles. The molecule has 0 unspecified atom stereocenters. The van der Waals surface area contributed by atoms with Crippen LogP contribution in [0.5, 0.6) is 0 Å². The second-order valence-electron chi connectivity index (χ2n) is 2.97. The van der Waals surface area contributed by atoms with E-state index in [1.807, 2.05) is 0 Å². The minimum absolute atomic E-state index is 0.0519. The van der Waals surface area contributed by atoms with Crippen LogP contribution in [0.25, 0.3) is 0 Å². The van der Waals surface area contributed by atoms with Crippen LogP contribution in [0.1, 0.15) is 6.92 Å². The van der Waals surface area contributed by atoms with Gasteiger partial charge in [-0.05, 0) is 0 Å². The average molecular weight is 241 g/mol. The lowest BCUT2D eigenvalue weighted by Gasteiger charge is -2.14. The Morgan fingerprint density at radius 3 is 1.82 bits per heavy atom. The monoisotopic (exact) mass is 241 g/mol. The third kappa shape index (κ3) is 6.14. The van der Waals surface area contributed by atoms with Gasteiger partial charge in [-0.15, -0.1) is 0 Å². The van der Waals surface area contributed by atoms with Crippen molar-refractivity contribution in [2.75, 3.05) is 13.2 Å². The van der Waals surface area contributed by atoms with Crippen LogP contribution in [0, 0.1) is 0 Å². The number of hydrogen-bond acceptors (Lipinski definition) is 5. The van der Waals surface area contributed by atoms with Crippen molar-refractivity contribution < 1.29 is 23.9 Å². The normalized spacial score (nSPS) is 9.29. The maximum Gasteiger partial charge on any atom is 0.340 e. The third-order valence-corrected chi connectivity index (χ3v) is 1.51. The summed E-state index contributed by atoms with van der Waals surface area (Å²) in [6.07, 6.45) is 2.69. The number of hydrogen-bond donors (Lipinski definition) is 1. The van der Waals surface area contributed by atoms with Crippen LogP contribution in [-0.4, -0.2) is 37.1 Å². The van der Waals surface area contributed by atoms with Gasteiger partial charge in [-0.25, -0.2) is 9.59 Å². The molecule has 0 aromatic rings. The molecule has 0 aromatic heterocycles. The molecule has 0 rings (SSSR count). The fourth-order valence-corrected chi connectivity index (χ4v) is 0.866. The smallest absolute Gasteiger partial charge is 0.340 e. The van der Waals surface area contributed by atoms with Crippen molar-refractivity contribution in [3.8, 4) is 0 Å². The molecule has 1 N–H and O–H groups in total. The van der Waals surface area contributed by atoms with Crippen LogP contribution >= 0.6 is 0 Å². The number of amides is 1. The van der Waals surface area contributed by atoms with Gasteiger partial charge in [0.05, 0.1) is 0 Å². The summed E-state index contributed by atoms with van der Waals surface area (Å²) in [6, 6.07) is -1.47. The first kappa shape index (κ1) is 14.9. The van der Waals surface area contributed by atoms with Crippen LogP contribution in [0.2, 0.25) is 0 Å². The largest absolute Gasteiger partial charge is 0.459 e. The quantitative estimate of drug-likeness (QED) is 0.384. The Kier molecular flexibility index (Phi) is 7.09. The minimum atomic E-state index is -1.47. The van der Waals surface area contributed by atoms with Crippen molar-refractivity contribution in [1.29, 1.82) is 0 Å². The zero-order chi connectivity index (χ0) is 13.3. The fourth-order valence-electron chi connectivity index (χ4n) is 0.866. The summed E-state index contributed by atoms with van der Waals surface area (Å²) in [5.74, 6) is -2.33. The first-order valence-electron chi connectivity index (χ1n) is 4.85. The lowest BCUT2D eigenvalue weighted by molar-refractivity contribution is -0.158. The van der Waals surface area contributed by atoms with Crippen molar-refractivity contribution in [3.63, 3.8) is 0 Å². The van der Waals surface area contributed by atoms with E-state index in [2.05, 4.69) is 27.9 Å². The van der Waals surface area contributed by atoms with Crippen molar-refractivity contribution in [1.82, 2.24) is 5.32 Å². The van der Waals surface area contributed by atoms with E-state index < -0.39 is 23.9 Å². The summed E-state index contributed by atoms with van der Waals surface area (Å²) in [4.78, 5) is 33.7. The Balaban J connectivity index is 4.55. The van der Waals surface area contributed by atoms with Crippen molar-refractivity contribution in [2.45, 2.75) is 13.0 Å². The first-order valence-corrected chi connectivity index (χ1v) is 4.85. The van der Waals surface area contributed by atoms with Crippen molar-refractivity contribution in [3.05, 3.63) is 25.3 Å². The fraction of sp³-hybridized carbons (Fsp3) is 0.364. The van der Waals surface area contributed by atoms with E-state index in [1.54, 1.807) is 0 Å². The molecule has 0 spiro atoms. The molecule has 1 amide bonds. The Morgan fingerprint density at radius 2 is 1.53 bits per heavy atom. The molecular weight excluding hydrogens is 226 g/mol. The molecule has 0 saturated carbocycles. The predicted molar refractivity (Wildman–Crippen MR) is 59.9 cm³/mol. The number of ether oxygens (including phenoxy) is 2. The van der Waals surface area contributed by atoms with Crippen molar-refractivity contribution in [2.24, 2.45) is 0 Å². The summed E-state index contributed by atoms with van der Waals surface area (Å²) in [5, 5.41) is 2.14. The van der Waals surface area contributed by atoms with Crippen LogP contribution in [0.3, 0.4) is 0 Å². The summed E-state index contributed by atoms with van der Waals surface area (Å²) >= 11 is 0. The van der Waals surface area contributed by atoms with Gasteiger partial charge in [0.1, 0.15) is 13.2 Å². The zero-order valence-electron chi connectivity index (χ0n) is 9.60. The van der Waals surface area contributed by atoms with E-state index in [0.29, 0.717) is 0 Å². The van der Waals surface area contributed by atoms with E-state index >= 15 is 0 Å². The Hall–Kier alpha value is -2.11. The zero-order valence-corrected chi connectivity index (χ0v) is 9.60. The highest BCUT2D eigenvalue weighted by Crippen LogP contribution is 1.95. The Morgan fingerprint density at radius 1 is 1.12 bits per heavy atom.